The first-order valence-electron chi connectivity index (χ1n) is 7.50. The predicted octanol–water partition coefficient (Wildman–Crippen LogP) is 3.63. The van der Waals surface area contributed by atoms with Crippen molar-refractivity contribution in [2.24, 2.45) is 0 Å². The van der Waals surface area contributed by atoms with Crippen LogP contribution in [0.25, 0.3) is 0 Å². The van der Waals surface area contributed by atoms with Gasteiger partial charge in [-0.05, 0) is 53.7 Å². The van der Waals surface area contributed by atoms with Crippen LogP contribution in [0.4, 0.5) is 9.59 Å². The fourth-order valence-corrected chi connectivity index (χ4v) is 1.58. The Labute approximate surface area is 142 Å². The molecule has 7 heteroatoms. The second kappa shape index (κ2) is 7.30. The summed E-state index contributed by atoms with van der Waals surface area (Å²) in [6, 6.07) is 5.09. The van der Waals surface area contributed by atoms with Crippen LogP contribution in [0, 0.1) is 11.3 Å². The first-order valence-corrected chi connectivity index (χ1v) is 7.50. The van der Waals surface area contributed by atoms with Gasteiger partial charge in [-0.25, -0.2) is 14.5 Å². The van der Waals surface area contributed by atoms with Crippen molar-refractivity contribution in [3.8, 4) is 6.07 Å². The average Bonchev–Trinajstić information content (AvgIpc) is 2.41. The van der Waals surface area contributed by atoms with Crippen molar-refractivity contribution in [1.82, 2.24) is 9.88 Å². The zero-order valence-electron chi connectivity index (χ0n) is 14.9. The van der Waals surface area contributed by atoms with Gasteiger partial charge in [0.15, 0.2) is 0 Å². The highest BCUT2D eigenvalue weighted by molar-refractivity contribution is 5.88. The molecule has 1 rings (SSSR count). The molecule has 1 aromatic rings. The van der Waals surface area contributed by atoms with Gasteiger partial charge in [0.25, 0.3) is 0 Å². The summed E-state index contributed by atoms with van der Waals surface area (Å²) < 4.78 is 10.5. The first kappa shape index (κ1) is 19.4. The second-order valence-electron chi connectivity index (χ2n) is 7.20. The van der Waals surface area contributed by atoms with Gasteiger partial charge in [0.1, 0.15) is 17.3 Å². The lowest BCUT2D eigenvalue weighted by atomic mass is 10.2. The van der Waals surface area contributed by atoms with Crippen molar-refractivity contribution >= 4 is 12.2 Å². The summed E-state index contributed by atoms with van der Waals surface area (Å²) in [7, 11) is 0. The van der Waals surface area contributed by atoms with E-state index in [1.807, 2.05) is 6.07 Å². The predicted molar refractivity (Wildman–Crippen MR) is 87.0 cm³/mol. The molecule has 0 aromatic carbocycles. The SMILES string of the molecule is CC(C)(C)OC(=O)N(Cc1ccc(C#N)cn1)C(=O)OC(C)(C)C. The number of ether oxygens (including phenoxy) is 2. The monoisotopic (exact) mass is 333 g/mol. The molecule has 0 unspecified atom stereocenters. The standard InChI is InChI=1S/C17H23N3O4/c1-16(2,3)23-14(21)20(15(22)24-17(4,5)6)11-13-8-7-12(9-18)10-19-13/h7-8,10H,11H2,1-6H3. The Hall–Kier alpha value is -2.62. The number of carbonyl (C=O) groups excluding carboxylic acids is 2. The minimum atomic E-state index is -0.817. The Balaban J connectivity index is 3.01. The summed E-state index contributed by atoms with van der Waals surface area (Å²) in [6.45, 7) is 10.1. The lowest BCUT2D eigenvalue weighted by Gasteiger charge is -2.28. The van der Waals surface area contributed by atoms with Crippen LogP contribution in [0.2, 0.25) is 0 Å². The maximum Gasteiger partial charge on any atom is 0.420 e. The Morgan fingerprint density at radius 3 is 1.92 bits per heavy atom. The number of carbonyl (C=O) groups is 2. The summed E-state index contributed by atoms with van der Waals surface area (Å²) in [5.41, 5.74) is -0.684. The van der Waals surface area contributed by atoms with E-state index in [2.05, 4.69) is 4.98 Å². The zero-order chi connectivity index (χ0) is 18.5. The van der Waals surface area contributed by atoms with Crippen molar-refractivity contribution in [3.05, 3.63) is 29.6 Å². The van der Waals surface area contributed by atoms with Crippen molar-refractivity contribution in [2.45, 2.75) is 59.3 Å². The number of pyridine rings is 1. The van der Waals surface area contributed by atoms with E-state index in [4.69, 9.17) is 14.7 Å². The van der Waals surface area contributed by atoms with Gasteiger partial charge in [-0.15, -0.1) is 0 Å². The molecule has 0 fully saturated rings. The molecule has 0 spiro atoms. The number of hydrogen-bond acceptors (Lipinski definition) is 6. The van der Waals surface area contributed by atoms with Crippen molar-refractivity contribution in [3.63, 3.8) is 0 Å². The third kappa shape index (κ3) is 6.65. The second-order valence-corrected chi connectivity index (χ2v) is 7.20. The average molecular weight is 333 g/mol. The van der Waals surface area contributed by atoms with E-state index in [0.29, 0.717) is 11.3 Å². The molecule has 0 atom stereocenters. The van der Waals surface area contributed by atoms with Crippen LogP contribution in [0.5, 0.6) is 0 Å². The third-order valence-corrected chi connectivity index (χ3v) is 2.50. The normalized spacial score (nSPS) is 11.4. The molecule has 7 nitrogen and oxygen atoms in total. The van der Waals surface area contributed by atoms with E-state index in [1.165, 1.54) is 6.20 Å². The lowest BCUT2D eigenvalue weighted by Crippen LogP contribution is -2.43. The van der Waals surface area contributed by atoms with Gasteiger partial charge >= 0.3 is 12.2 Å². The molecular formula is C17H23N3O4. The topological polar surface area (TPSA) is 92.5 Å². The number of rotatable bonds is 2. The molecular weight excluding hydrogens is 310 g/mol. The van der Waals surface area contributed by atoms with Gasteiger partial charge in [-0.3, -0.25) is 4.98 Å². The molecule has 0 aliphatic rings. The van der Waals surface area contributed by atoms with Crippen LogP contribution in [-0.4, -0.2) is 33.3 Å². The van der Waals surface area contributed by atoms with Crippen LogP contribution in [0.1, 0.15) is 52.8 Å². The Bertz CT molecular complexity index is 606. The number of nitriles is 1. The molecule has 1 aromatic heterocycles. The molecule has 0 aliphatic carbocycles. The molecule has 130 valence electrons. The van der Waals surface area contributed by atoms with E-state index >= 15 is 0 Å². The quantitative estimate of drug-likeness (QED) is 0.820. The van der Waals surface area contributed by atoms with Crippen LogP contribution in [0.15, 0.2) is 18.3 Å². The van der Waals surface area contributed by atoms with E-state index in [-0.39, 0.29) is 6.54 Å². The van der Waals surface area contributed by atoms with Crippen molar-refractivity contribution in [2.75, 3.05) is 0 Å². The minimum absolute atomic E-state index is 0.116. The highest BCUT2D eigenvalue weighted by Gasteiger charge is 2.31. The maximum atomic E-state index is 12.3. The molecule has 0 saturated heterocycles. The number of hydrogen-bond donors (Lipinski definition) is 0. The molecule has 24 heavy (non-hydrogen) atoms. The van der Waals surface area contributed by atoms with Gasteiger partial charge in [-0.1, -0.05) is 0 Å². The number of nitrogens with zero attached hydrogens (tertiary/aromatic N) is 3. The Morgan fingerprint density at radius 1 is 1.08 bits per heavy atom. The molecule has 0 aliphatic heterocycles. The molecule has 0 N–H and O–H groups in total. The van der Waals surface area contributed by atoms with Crippen LogP contribution in [-0.2, 0) is 16.0 Å². The molecule has 0 radical (unpaired) electrons. The van der Waals surface area contributed by atoms with Gasteiger partial charge < -0.3 is 9.47 Å². The molecule has 1 heterocycles. The van der Waals surface area contributed by atoms with Gasteiger partial charge in [0.05, 0.1) is 17.8 Å². The fourth-order valence-electron chi connectivity index (χ4n) is 1.58. The van der Waals surface area contributed by atoms with Gasteiger partial charge in [0.2, 0.25) is 0 Å². The van der Waals surface area contributed by atoms with Gasteiger partial charge in [-0.2, -0.15) is 5.26 Å². The fraction of sp³-hybridized carbons (Fsp3) is 0.529. The van der Waals surface area contributed by atoms with E-state index in [9.17, 15) is 9.59 Å². The smallest absolute Gasteiger partial charge is 0.420 e. The van der Waals surface area contributed by atoms with Crippen LogP contribution >= 0.6 is 0 Å². The molecule has 0 bridgehead atoms. The number of imide groups is 1. The summed E-state index contributed by atoms with van der Waals surface area (Å²) >= 11 is 0. The Morgan fingerprint density at radius 2 is 1.58 bits per heavy atom. The van der Waals surface area contributed by atoms with Gasteiger partial charge in [0, 0.05) is 6.20 Å². The lowest BCUT2D eigenvalue weighted by molar-refractivity contribution is -0.000475. The maximum absolute atomic E-state index is 12.3. The van der Waals surface area contributed by atoms with E-state index < -0.39 is 23.4 Å². The minimum Gasteiger partial charge on any atom is -0.443 e. The summed E-state index contributed by atoms with van der Waals surface area (Å²) in [5, 5.41) is 8.79. The number of amides is 2. The zero-order valence-corrected chi connectivity index (χ0v) is 14.9. The molecule has 0 saturated carbocycles. The third-order valence-electron chi connectivity index (χ3n) is 2.50. The van der Waals surface area contributed by atoms with Crippen LogP contribution in [0.3, 0.4) is 0 Å². The van der Waals surface area contributed by atoms with E-state index in [0.717, 1.165) is 4.90 Å². The van der Waals surface area contributed by atoms with Crippen molar-refractivity contribution < 1.29 is 19.1 Å². The first-order chi connectivity index (χ1) is 10.9. The van der Waals surface area contributed by atoms with Crippen molar-refractivity contribution in [1.29, 1.82) is 5.26 Å². The largest absolute Gasteiger partial charge is 0.443 e. The Kier molecular flexibility index (Phi) is 5.91. The van der Waals surface area contributed by atoms with Crippen LogP contribution < -0.4 is 0 Å². The summed E-state index contributed by atoms with van der Waals surface area (Å²) in [4.78, 5) is 29.6. The van der Waals surface area contributed by atoms with E-state index in [1.54, 1.807) is 53.7 Å². The molecule has 2 amide bonds. The summed E-state index contributed by atoms with van der Waals surface area (Å²) in [6.07, 6.45) is -0.261. The summed E-state index contributed by atoms with van der Waals surface area (Å²) in [5.74, 6) is 0. The highest BCUT2D eigenvalue weighted by atomic mass is 16.6. The highest BCUT2D eigenvalue weighted by Crippen LogP contribution is 2.16. The number of aromatic nitrogens is 1.